The van der Waals surface area contributed by atoms with Crippen molar-refractivity contribution < 1.29 is 38.7 Å². The second kappa shape index (κ2) is 13.1. The molecule has 0 bridgehead atoms. The Morgan fingerprint density at radius 3 is 2.64 bits per heavy atom. The molecule has 3 N–H and O–H groups in total. The van der Waals surface area contributed by atoms with Crippen molar-refractivity contribution in [1.82, 2.24) is 4.90 Å². The summed E-state index contributed by atoms with van der Waals surface area (Å²) < 4.78 is 11.6. The zero-order chi connectivity index (χ0) is 28.1. The van der Waals surface area contributed by atoms with E-state index in [1.165, 1.54) is 10.5 Å². The number of aliphatic hydroxyl groups excluding tert-OH is 1. The first-order valence-corrected chi connectivity index (χ1v) is 14.2. The minimum absolute atomic E-state index is 0.0853. The fourth-order valence-corrected chi connectivity index (χ4v) is 6.54. The van der Waals surface area contributed by atoms with Gasteiger partial charge in [0, 0.05) is 13.0 Å². The zero-order valence-corrected chi connectivity index (χ0v) is 22.9. The number of rotatable bonds is 13. The molecule has 1 aromatic heterocycles. The van der Waals surface area contributed by atoms with Crippen molar-refractivity contribution >= 4 is 31.0 Å². The SMILES string of the molecule is CCCC1=C2[C@@H](CC/C(C)=C/c3ccc(CO)o3)OB(O)C[C@@H]2[C@@H]2C(=O)N(CCCCCC(=O)O)C(=O)[C@@H]2C1. The highest BCUT2D eigenvalue weighted by Crippen LogP contribution is 2.51. The summed E-state index contributed by atoms with van der Waals surface area (Å²) in [5.41, 5.74) is 3.35. The van der Waals surface area contributed by atoms with Crippen LogP contribution in [0, 0.1) is 17.8 Å². The third kappa shape index (κ3) is 6.73. The molecule has 10 heteroatoms. The molecule has 0 saturated carbocycles. The minimum Gasteiger partial charge on any atom is -0.481 e. The molecule has 212 valence electrons. The normalized spacial score (nSPS) is 25.4. The molecular formula is C29H40BNO8. The smallest absolute Gasteiger partial charge is 0.455 e. The molecule has 39 heavy (non-hydrogen) atoms. The number of carboxylic acid groups (broad SMARTS) is 1. The Bertz CT molecular complexity index is 1120. The second-order valence-corrected chi connectivity index (χ2v) is 11.1. The Morgan fingerprint density at radius 2 is 1.95 bits per heavy atom. The fourth-order valence-electron chi connectivity index (χ4n) is 6.54. The lowest BCUT2D eigenvalue weighted by molar-refractivity contribution is -0.141. The number of allylic oxidation sites excluding steroid dienone is 2. The average Bonchev–Trinajstić information content (AvgIpc) is 3.44. The van der Waals surface area contributed by atoms with Crippen molar-refractivity contribution in [3.8, 4) is 0 Å². The number of furan rings is 1. The molecule has 0 unspecified atom stereocenters. The molecule has 9 nitrogen and oxygen atoms in total. The van der Waals surface area contributed by atoms with E-state index in [4.69, 9.17) is 14.2 Å². The first kappa shape index (κ1) is 29.3. The predicted molar refractivity (Wildman–Crippen MR) is 145 cm³/mol. The summed E-state index contributed by atoms with van der Waals surface area (Å²) in [4.78, 5) is 39.1. The largest absolute Gasteiger partial charge is 0.481 e. The molecule has 1 aliphatic carbocycles. The molecule has 1 aromatic rings. The number of fused-ring (bicyclic) bond motifs is 3. The number of hydrogen-bond acceptors (Lipinski definition) is 7. The summed E-state index contributed by atoms with van der Waals surface area (Å²) >= 11 is 0. The fraction of sp³-hybridized carbons (Fsp3) is 0.621. The monoisotopic (exact) mass is 541 g/mol. The molecule has 2 saturated heterocycles. The Labute approximate surface area is 230 Å². The molecule has 4 atom stereocenters. The first-order valence-electron chi connectivity index (χ1n) is 14.2. The lowest BCUT2D eigenvalue weighted by Gasteiger charge is -2.43. The number of imide groups is 1. The van der Waals surface area contributed by atoms with Crippen LogP contribution >= 0.6 is 0 Å². The van der Waals surface area contributed by atoms with Crippen molar-refractivity contribution in [2.75, 3.05) is 6.54 Å². The van der Waals surface area contributed by atoms with E-state index >= 15 is 0 Å². The van der Waals surface area contributed by atoms with Gasteiger partial charge in [0.05, 0.1) is 17.9 Å². The molecule has 0 spiro atoms. The number of likely N-dealkylation sites (tertiary alicyclic amines) is 1. The van der Waals surface area contributed by atoms with E-state index in [2.05, 4.69) is 6.92 Å². The highest BCUT2D eigenvalue weighted by atomic mass is 16.5. The molecule has 0 radical (unpaired) electrons. The maximum Gasteiger partial charge on any atom is 0.455 e. The van der Waals surface area contributed by atoms with Crippen LogP contribution in [-0.2, 0) is 25.6 Å². The van der Waals surface area contributed by atoms with Crippen LogP contribution in [0.4, 0.5) is 0 Å². The van der Waals surface area contributed by atoms with E-state index in [0.29, 0.717) is 62.9 Å². The van der Waals surface area contributed by atoms with E-state index < -0.39 is 24.9 Å². The number of aliphatic hydroxyl groups is 1. The van der Waals surface area contributed by atoms with Gasteiger partial charge in [-0.25, -0.2) is 0 Å². The van der Waals surface area contributed by atoms with Gasteiger partial charge in [0.1, 0.15) is 18.1 Å². The summed E-state index contributed by atoms with van der Waals surface area (Å²) in [7, 11) is -1.00. The van der Waals surface area contributed by atoms with E-state index in [0.717, 1.165) is 24.0 Å². The molecule has 3 heterocycles. The van der Waals surface area contributed by atoms with Gasteiger partial charge in [-0.15, -0.1) is 0 Å². The van der Waals surface area contributed by atoms with Crippen LogP contribution in [-0.4, -0.2) is 57.7 Å². The number of aliphatic carboxylic acids is 1. The Kier molecular flexibility index (Phi) is 9.85. The van der Waals surface area contributed by atoms with E-state index in [1.807, 2.05) is 19.1 Å². The van der Waals surface area contributed by atoms with Gasteiger partial charge in [0.2, 0.25) is 11.8 Å². The highest BCUT2D eigenvalue weighted by molar-refractivity contribution is 6.43. The highest BCUT2D eigenvalue weighted by Gasteiger charge is 2.56. The first-order chi connectivity index (χ1) is 18.7. The van der Waals surface area contributed by atoms with Gasteiger partial charge in [0.15, 0.2) is 0 Å². The summed E-state index contributed by atoms with van der Waals surface area (Å²) in [6.07, 6.45) is 7.37. The van der Waals surface area contributed by atoms with Crippen molar-refractivity contribution in [2.45, 2.75) is 90.7 Å². The molecule has 2 amide bonds. The van der Waals surface area contributed by atoms with Crippen molar-refractivity contribution in [3.05, 3.63) is 40.4 Å². The summed E-state index contributed by atoms with van der Waals surface area (Å²) in [5, 5.41) is 28.8. The van der Waals surface area contributed by atoms with Crippen molar-refractivity contribution in [3.63, 3.8) is 0 Å². The van der Waals surface area contributed by atoms with Gasteiger partial charge in [-0.05, 0) is 81.5 Å². The lowest BCUT2D eigenvalue weighted by Crippen LogP contribution is -2.46. The molecule has 0 aromatic carbocycles. The minimum atomic E-state index is -1.00. The maximum atomic E-state index is 13.6. The molecule has 2 aliphatic heterocycles. The number of carboxylic acids is 1. The van der Waals surface area contributed by atoms with Crippen LogP contribution in [0.2, 0.25) is 6.32 Å². The average molecular weight is 541 g/mol. The van der Waals surface area contributed by atoms with E-state index in [9.17, 15) is 24.5 Å². The molecule has 4 rings (SSSR count). The van der Waals surface area contributed by atoms with Crippen LogP contribution in [0.3, 0.4) is 0 Å². The zero-order valence-electron chi connectivity index (χ0n) is 22.9. The van der Waals surface area contributed by atoms with Crippen molar-refractivity contribution in [2.24, 2.45) is 17.8 Å². The van der Waals surface area contributed by atoms with Crippen LogP contribution in [0.1, 0.15) is 83.2 Å². The van der Waals surface area contributed by atoms with Gasteiger partial charge in [0.25, 0.3) is 0 Å². The van der Waals surface area contributed by atoms with E-state index in [1.54, 1.807) is 6.07 Å². The Morgan fingerprint density at radius 1 is 1.15 bits per heavy atom. The standard InChI is InChI=1S/C29H40BNO8/c1-3-7-19-15-22-27(29(36)31(28(22)35)13-6-4-5-8-25(33)34)23-16-30(37)39-24(26(19)23)12-9-18(2)14-20-10-11-21(17-32)38-20/h10-11,14,22-24,27,32,37H,3-9,12-13,15-17H2,1-2H3,(H,33,34)/b18-14+/t22-,23+,24-,27-/m1/s1. The maximum absolute atomic E-state index is 13.6. The summed E-state index contributed by atoms with van der Waals surface area (Å²) in [5.74, 6) is -1.07. The predicted octanol–water partition coefficient (Wildman–Crippen LogP) is 4.20. The second-order valence-electron chi connectivity index (χ2n) is 11.1. The number of carbonyl (C=O) groups is 3. The lowest BCUT2D eigenvalue weighted by atomic mass is 9.58. The van der Waals surface area contributed by atoms with Crippen LogP contribution < -0.4 is 0 Å². The van der Waals surface area contributed by atoms with Crippen LogP contribution in [0.25, 0.3) is 6.08 Å². The Hall–Kier alpha value is -2.69. The van der Waals surface area contributed by atoms with E-state index in [-0.39, 0.29) is 36.9 Å². The molecule has 2 fully saturated rings. The van der Waals surface area contributed by atoms with Gasteiger partial charge in [-0.2, -0.15) is 0 Å². The molecular weight excluding hydrogens is 501 g/mol. The van der Waals surface area contributed by atoms with Gasteiger partial charge < -0.3 is 24.3 Å². The number of hydrogen-bond donors (Lipinski definition) is 3. The number of carbonyl (C=O) groups excluding carboxylic acids is 2. The quantitative estimate of drug-likeness (QED) is 0.146. The number of unbranched alkanes of at least 4 members (excludes halogenated alkanes) is 2. The Balaban J connectivity index is 1.49. The van der Waals surface area contributed by atoms with Crippen LogP contribution in [0.5, 0.6) is 0 Å². The number of amides is 2. The van der Waals surface area contributed by atoms with Crippen molar-refractivity contribution in [1.29, 1.82) is 0 Å². The molecule has 3 aliphatic rings. The van der Waals surface area contributed by atoms with Gasteiger partial charge in [-0.1, -0.05) is 30.9 Å². The van der Waals surface area contributed by atoms with Gasteiger partial charge in [-0.3, -0.25) is 19.3 Å². The third-order valence-corrected chi connectivity index (χ3v) is 8.25. The topological polar surface area (TPSA) is 138 Å². The van der Waals surface area contributed by atoms with Gasteiger partial charge >= 0.3 is 13.1 Å². The third-order valence-electron chi connectivity index (χ3n) is 8.25. The summed E-state index contributed by atoms with van der Waals surface area (Å²) in [6.45, 7) is 4.27. The number of nitrogens with zero attached hydrogens (tertiary/aromatic N) is 1. The summed E-state index contributed by atoms with van der Waals surface area (Å²) in [6, 6.07) is 3.56. The van der Waals surface area contributed by atoms with Crippen LogP contribution in [0.15, 0.2) is 33.3 Å².